The third-order valence-electron chi connectivity index (χ3n) is 5.59. The van der Waals surface area contributed by atoms with Gasteiger partial charge < -0.3 is 9.64 Å². The smallest absolute Gasteiger partial charge is 0.290 e. The molecule has 2 aromatic heterocycles. The summed E-state index contributed by atoms with van der Waals surface area (Å²) in [5, 5.41) is 9.05. The van der Waals surface area contributed by atoms with Crippen LogP contribution in [0.25, 0.3) is 0 Å². The predicted octanol–water partition coefficient (Wildman–Crippen LogP) is 3.06. The number of nitrogens with zero attached hydrogens (tertiary/aromatic N) is 3. The summed E-state index contributed by atoms with van der Waals surface area (Å²) in [5.41, 5.74) is 6.51. The normalized spacial score (nSPS) is 14.1. The highest BCUT2D eigenvalue weighted by Gasteiger charge is 2.27. The van der Waals surface area contributed by atoms with Crippen molar-refractivity contribution in [3.05, 3.63) is 63.4 Å². The number of carbonyl (C=O) groups excluding carboxylic acids is 3. The maximum absolute atomic E-state index is 12.9. The molecule has 1 aromatic carbocycles. The molecular weight excluding hydrogens is 468 g/mol. The summed E-state index contributed by atoms with van der Waals surface area (Å²) >= 11 is 1.41. The predicted molar refractivity (Wildman–Crippen MR) is 130 cm³/mol. The average Bonchev–Trinajstić information content (AvgIpc) is 3.52. The number of hydrazine groups is 1. The second kappa shape index (κ2) is 10.7. The van der Waals surface area contributed by atoms with E-state index in [1.54, 1.807) is 30.5 Å². The molecule has 0 bridgehead atoms. The van der Waals surface area contributed by atoms with Crippen LogP contribution in [0.15, 0.2) is 35.7 Å². The van der Waals surface area contributed by atoms with E-state index in [9.17, 15) is 14.4 Å². The molecule has 11 heteroatoms. The molecule has 0 saturated carbocycles. The van der Waals surface area contributed by atoms with E-state index in [0.717, 1.165) is 29.3 Å². The number of aromatic amines is 1. The molecule has 3 heterocycles. The summed E-state index contributed by atoms with van der Waals surface area (Å²) in [4.78, 5) is 43.6. The summed E-state index contributed by atoms with van der Waals surface area (Å²) in [7, 11) is 0. The lowest BCUT2D eigenvalue weighted by Gasteiger charge is -2.31. The molecule has 10 nitrogen and oxygen atoms in total. The molecule has 3 N–H and O–H groups in total. The molecule has 1 aliphatic rings. The van der Waals surface area contributed by atoms with Gasteiger partial charge in [-0.25, -0.2) is 4.98 Å². The Kier molecular flexibility index (Phi) is 7.45. The fourth-order valence-electron chi connectivity index (χ4n) is 3.82. The molecule has 0 atom stereocenters. The Morgan fingerprint density at radius 3 is 2.34 bits per heavy atom. The van der Waals surface area contributed by atoms with Gasteiger partial charge in [-0.1, -0.05) is 0 Å². The second-order valence-electron chi connectivity index (χ2n) is 8.67. The first-order chi connectivity index (χ1) is 16.8. The molecular formula is C24H28N6O4S. The molecule has 3 amide bonds. The van der Waals surface area contributed by atoms with E-state index in [2.05, 4.69) is 26.0 Å². The van der Waals surface area contributed by atoms with Gasteiger partial charge in [0, 0.05) is 35.6 Å². The number of hydrogen-bond donors (Lipinski definition) is 3. The number of rotatable bonds is 6. The molecule has 1 saturated heterocycles. The third kappa shape index (κ3) is 6.04. The summed E-state index contributed by atoms with van der Waals surface area (Å²) < 4.78 is 5.64. The summed E-state index contributed by atoms with van der Waals surface area (Å²) in [6.45, 7) is 6.94. The van der Waals surface area contributed by atoms with Crippen molar-refractivity contribution in [1.82, 2.24) is 30.9 Å². The first kappa shape index (κ1) is 24.4. The minimum Gasteiger partial charge on any atom is -0.491 e. The number of piperidine rings is 1. The van der Waals surface area contributed by atoms with Crippen LogP contribution in [0.2, 0.25) is 0 Å². The van der Waals surface area contributed by atoms with Crippen LogP contribution in [0.5, 0.6) is 5.75 Å². The SMILES string of the molecule is Cc1cc(C(=O)NNC(=O)c2csc(C3CCN(C(=O)c4ccc(OC(C)C)cc4)CC3)n2)n[nH]1. The van der Waals surface area contributed by atoms with Crippen LogP contribution in [0.3, 0.4) is 0 Å². The highest BCUT2D eigenvalue weighted by atomic mass is 32.1. The van der Waals surface area contributed by atoms with Crippen LogP contribution in [0.1, 0.15) is 74.6 Å². The first-order valence-electron chi connectivity index (χ1n) is 11.4. The van der Waals surface area contributed by atoms with Crippen LogP contribution in [0, 0.1) is 6.92 Å². The van der Waals surface area contributed by atoms with Crippen molar-refractivity contribution in [3.8, 4) is 5.75 Å². The van der Waals surface area contributed by atoms with Gasteiger partial charge in [-0.3, -0.25) is 30.3 Å². The topological polar surface area (TPSA) is 129 Å². The van der Waals surface area contributed by atoms with E-state index >= 15 is 0 Å². The van der Waals surface area contributed by atoms with Gasteiger partial charge in [0.25, 0.3) is 17.7 Å². The van der Waals surface area contributed by atoms with Crippen molar-refractivity contribution in [1.29, 1.82) is 0 Å². The lowest BCUT2D eigenvalue weighted by molar-refractivity contribution is 0.0712. The number of amides is 3. The zero-order chi connectivity index (χ0) is 24.9. The number of ether oxygens (including phenoxy) is 1. The number of nitrogens with one attached hydrogen (secondary N) is 3. The molecule has 4 rings (SSSR count). The number of aryl methyl sites for hydroxylation is 1. The summed E-state index contributed by atoms with van der Waals surface area (Å²) in [6.07, 6.45) is 1.62. The van der Waals surface area contributed by atoms with Crippen LogP contribution >= 0.6 is 11.3 Å². The molecule has 1 fully saturated rings. The highest BCUT2D eigenvalue weighted by Crippen LogP contribution is 2.31. The van der Waals surface area contributed by atoms with Gasteiger partial charge in [-0.05, 0) is 63.9 Å². The highest BCUT2D eigenvalue weighted by molar-refractivity contribution is 7.09. The van der Waals surface area contributed by atoms with Crippen molar-refractivity contribution in [3.63, 3.8) is 0 Å². The number of hydrogen-bond acceptors (Lipinski definition) is 7. The van der Waals surface area contributed by atoms with Gasteiger partial charge in [0.1, 0.15) is 11.4 Å². The van der Waals surface area contributed by atoms with Crippen molar-refractivity contribution in [2.45, 2.75) is 45.6 Å². The number of benzene rings is 1. The third-order valence-corrected chi connectivity index (χ3v) is 6.59. The van der Waals surface area contributed by atoms with Crippen molar-refractivity contribution >= 4 is 29.1 Å². The van der Waals surface area contributed by atoms with E-state index in [4.69, 9.17) is 4.74 Å². The Morgan fingerprint density at radius 2 is 1.74 bits per heavy atom. The largest absolute Gasteiger partial charge is 0.491 e. The van der Waals surface area contributed by atoms with E-state index in [1.807, 2.05) is 30.9 Å². The fraction of sp³-hybridized carbons (Fsp3) is 0.375. The maximum Gasteiger partial charge on any atom is 0.290 e. The molecule has 184 valence electrons. The van der Waals surface area contributed by atoms with Crippen molar-refractivity contribution < 1.29 is 19.1 Å². The lowest BCUT2D eigenvalue weighted by Crippen LogP contribution is -2.42. The number of aromatic nitrogens is 3. The molecule has 0 aliphatic carbocycles. The van der Waals surface area contributed by atoms with Crippen LogP contribution in [-0.4, -0.2) is 57.0 Å². The molecule has 1 aliphatic heterocycles. The Morgan fingerprint density at radius 1 is 1.09 bits per heavy atom. The van der Waals surface area contributed by atoms with Gasteiger partial charge in [-0.2, -0.15) is 5.10 Å². The van der Waals surface area contributed by atoms with Gasteiger partial charge in [0.05, 0.1) is 11.1 Å². The van der Waals surface area contributed by atoms with Crippen molar-refractivity contribution in [2.75, 3.05) is 13.1 Å². The monoisotopic (exact) mass is 496 g/mol. The maximum atomic E-state index is 12.9. The molecule has 0 spiro atoms. The number of carbonyl (C=O) groups is 3. The summed E-state index contributed by atoms with van der Waals surface area (Å²) in [5.74, 6) is -0.0896. The minimum atomic E-state index is -0.516. The van der Waals surface area contributed by atoms with E-state index in [-0.39, 0.29) is 29.3 Å². The Hall–Kier alpha value is -3.73. The Bertz CT molecular complexity index is 1190. The van der Waals surface area contributed by atoms with Crippen LogP contribution < -0.4 is 15.6 Å². The average molecular weight is 497 g/mol. The number of H-pyrrole nitrogens is 1. The van der Waals surface area contributed by atoms with E-state index in [1.165, 1.54) is 11.3 Å². The van der Waals surface area contributed by atoms with E-state index < -0.39 is 11.8 Å². The standard InChI is InChI=1S/C24H28N6O4S/c1-14(2)34-18-6-4-17(5-7-18)24(33)30-10-8-16(9-11-30)23-25-20(13-35-23)22(32)29-28-21(31)19-12-15(3)26-27-19/h4-7,12-14,16H,8-11H2,1-3H3,(H,26,27)(H,28,31)(H,29,32). The Labute approximate surface area is 207 Å². The molecule has 0 unspecified atom stereocenters. The van der Waals surface area contributed by atoms with Gasteiger partial charge in [0.2, 0.25) is 0 Å². The quantitative estimate of drug-likeness (QED) is 0.450. The van der Waals surface area contributed by atoms with Crippen molar-refractivity contribution in [2.24, 2.45) is 0 Å². The first-order valence-corrected chi connectivity index (χ1v) is 12.3. The zero-order valence-electron chi connectivity index (χ0n) is 19.8. The van der Waals surface area contributed by atoms with Crippen LogP contribution in [-0.2, 0) is 0 Å². The van der Waals surface area contributed by atoms with Gasteiger partial charge in [-0.15, -0.1) is 11.3 Å². The molecule has 3 aromatic rings. The molecule has 35 heavy (non-hydrogen) atoms. The van der Waals surface area contributed by atoms with Gasteiger partial charge in [0.15, 0.2) is 5.69 Å². The molecule has 0 radical (unpaired) electrons. The van der Waals surface area contributed by atoms with Crippen LogP contribution in [0.4, 0.5) is 0 Å². The lowest BCUT2D eigenvalue weighted by atomic mass is 9.97. The van der Waals surface area contributed by atoms with E-state index in [0.29, 0.717) is 18.7 Å². The minimum absolute atomic E-state index is 0.00148. The number of thiazole rings is 1. The summed E-state index contributed by atoms with van der Waals surface area (Å²) in [6, 6.07) is 8.81. The Balaban J connectivity index is 1.27. The fourth-order valence-corrected chi connectivity index (χ4v) is 4.79. The zero-order valence-corrected chi connectivity index (χ0v) is 20.6. The number of likely N-dealkylation sites (tertiary alicyclic amines) is 1. The van der Waals surface area contributed by atoms with Gasteiger partial charge >= 0.3 is 0 Å². The second-order valence-corrected chi connectivity index (χ2v) is 9.56.